The number of urea groups is 2. The van der Waals surface area contributed by atoms with Gasteiger partial charge in [-0.2, -0.15) is 0 Å². The van der Waals surface area contributed by atoms with Crippen molar-refractivity contribution in [3.8, 4) is 5.75 Å². The molecule has 3 N–H and O–H groups in total. The molecule has 188 valence electrons. The number of rotatable bonds is 5. The average molecular weight is 508 g/mol. The number of hydrogen-bond acceptors (Lipinski definition) is 4. The number of carbonyl (C=O) groups is 2. The third-order valence-corrected chi connectivity index (χ3v) is 6.33. The number of methoxy groups -OCH3 is 1. The maximum atomic E-state index is 12.7. The van der Waals surface area contributed by atoms with Gasteiger partial charge in [0.05, 0.1) is 12.8 Å². The predicted octanol–water partition coefficient (Wildman–Crippen LogP) is 5.96. The molecule has 0 aromatic heterocycles. The summed E-state index contributed by atoms with van der Waals surface area (Å²) < 4.78 is 5.31. The van der Waals surface area contributed by atoms with Crippen LogP contribution in [0.5, 0.6) is 5.75 Å². The lowest BCUT2D eigenvalue weighted by Crippen LogP contribution is -2.50. The van der Waals surface area contributed by atoms with Crippen LogP contribution in [0.2, 0.25) is 5.02 Å². The van der Waals surface area contributed by atoms with Crippen LogP contribution in [0.25, 0.3) is 0 Å². The summed E-state index contributed by atoms with van der Waals surface area (Å²) in [5, 5.41) is 9.30. The summed E-state index contributed by atoms with van der Waals surface area (Å²) in [7, 11) is 1.57. The number of carbonyl (C=O) groups excluding carboxylic acids is 2. The number of piperazine rings is 1. The van der Waals surface area contributed by atoms with E-state index in [4.69, 9.17) is 16.3 Å². The largest absolute Gasteiger partial charge is 0.495 e. The van der Waals surface area contributed by atoms with Crippen LogP contribution in [0.3, 0.4) is 0 Å². The molecule has 0 spiro atoms. The molecule has 0 bridgehead atoms. The summed E-state index contributed by atoms with van der Waals surface area (Å²) in [4.78, 5) is 29.2. The van der Waals surface area contributed by atoms with Crippen molar-refractivity contribution in [1.29, 1.82) is 0 Å². The van der Waals surface area contributed by atoms with Crippen LogP contribution in [0.4, 0.5) is 32.3 Å². The van der Waals surface area contributed by atoms with Crippen LogP contribution in [-0.2, 0) is 0 Å². The second-order valence-electron chi connectivity index (χ2n) is 8.69. The second kappa shape index (κ2) is 11.2. The molecule has 4 rings (SSSR count). The van der Waals surface area contributed by atoms with Gasteiger partial charge in [-0.15, -0.1) is 0 Å². The average Bonchev–Trinajstić information content (AvgIpc) is 2.86. The standard InChI is InChI=1S/C27H30ClN5O3/c1-18-4-11-25(36-3)24(16-18)30-26(34)29-21-6-8-22(9-7-21)32-12-14-33(15-13-32)27(35)31-23-10-5-20(28)17-19(23)2/h4-11,16-17H,12-15H2,1-3H3,(H,31,35)(H2,29,30,34). The van der Waals surface area contributed by atoms with Gasteiger partial charge >= 0.3 is 12.1 Å². The topological polar surface area (TPSA) is 85.9 Å². The van der Waals surface area contributed by atoms with Crippen molar-refractivity contribution in [3.05, 3.63) is 76.8 Å². The Kier molecular flexibility index (Phi) is 7.85. The maximum absolute atomic E-state index is 12.7. The molecule has 3 aromatic carbocycles. The van der Waals surface area contributed by atoms with E-state index in [-0.39, 0.29) is 12.1 Å². The fourth-order valence-electron chi connectivity index (χ4n) is 4.09. The highest BCUT2D eigenvalue weighted by Gasteiger charge is 2.22. The first-order chi connectivity index (χ1) is 17.3. The van der Waals surface area contributed by atoms with Gasteiger partial charge in [0.25, 0.3) is 0 Å². The maximum Gasteiger partial charge on any atom is 0.323 e. The van der Waals surface area contributed by atoms with Gasteiger partial charge in [-0.3, -0.25) is 0 Å². The molecule has 0 unspecified atom stereocenters. The summed E-state index contributed by atoms with van der Waals surface area (Å²) >= 11 is 6.00. The molecule has 3 aromatic rings. The zero-order chi connectivity index (χ0) is 25.7. The Morgan fingerprint density at radius 3 is 2.22 bits per heavy atom. The Morgan fingerprint density at radius 2 is 1.56 bits per heavy atom. The fraction of sp³-hybridized carbons (Fsp3) is 0.259. The van der Waals surface area contributed by atoms with Crippen LogP contribution in [0.1, 0.15) is 11.1 Å². The highest BCUT2D eigenvalue weighted by Crippen LogP contribution is 2.26. The fourth-order valence-corrected chi connectivity index (χ4v) is 4.32. The third kappa shape index (κ3) is 6.20. The monoisotopic (exact) mass is 507 g/mol. The summed E-state index contributed by atoms with van der Waals surface area (Å²) in [6.45, 7) is 6.52. The minimum Gasteiger partial charge on any atom is -0.495 e. The van der Waals surface area contributed by atoms with E-state index in [2.05, 4.69) is 20.9 Å². The summed E-state index contributed by atoms with van der Waals surface area (Å²) in [5.74, 6) is 0.599. The molecular weight excluding hydrogens is 478 g/mol. The SMILES string of the molecule is COc1ccc(C)cc1NC(=O)Nc1ccc(N2CCN(C(=O)Nc3ccc(Cl)cc3C)CC2)cc1. The quantitative estimate of drug-likeness (QED) is 0.397. The lowest BCUT2D eigenvalue weighted by molar-refractivity contribution is 0.208. The van der Waals surface area contributed by atoms with E-state index in [1.54, 1.807) is 13.2 Å². The molecule has 0 radical (unpaired) electrons. The number of ether oxygens (including phenoxy) is 1. The van der Waals surface area contributed by atoms with E-state index in [1.807, 2.05) is 73.3 Å². The van der Waals surface area contributed by atoms with E-state index in [0.29, 0.717) is 48.3 Å². The summed E-state index contributed by atoms with van der Waals surface area (Å²) in [5.41, 5.74) is 5.04. The number of benzene rings is 3. The van der Waals surface area contributed by atoms with Crippen molar-refractivity contribution in [2.24, 2.45) is 0 Å². The molecule has 36 heavy (non-hydrogen) atoms. The van der Waals surface area contributed by atoms with Gasteiger partial charge in [0.2, 0.25) is 0 Å². The van der Waals surface area contributed by atoms with E-state index in [0.717, 1.165) is 22.5 Å². The van der Waals surface area contributed by atoms with Crippen LogP contribution in [-0.4, -0.2) is 50.3 Å². The number of hydrogen-bond donors (Lipinski definition) is 3. The van der Waals surface area contributed by atoms with Gasteiger partial charge in [0, 0.05) is 48.3 Å². The lowest BCUT2D eigenvalue weighted by atomic mass is 10.2. The van der Waals surface area contributed by atoms with E-state index in [1.165, 1.54) is 0 Å². The van der Waals surface area contributed by atoms with Crippen LogP contribution in [0, 0.1) is 13.8 Å². The highest BCUT2D eigenvalue weighted by molar-refractivity contribution is 6.30. The Balaban J connectivity index is 1.28. The zero-order valence-electron chi connectivity index (χ0n) is 20.6. The molecule has 1 saturated heterocycles. The molecule has 1 heterocycles. The molecule has 0 saturated carbocycles. The predicted molar refractivity (Wildman–Crippen MR) is 146 cm³/mol. The minimum absolute atomic E-state index is 0.115. The molecule has 1 fully saturated rings. The number of aryl methyl sites for hydroxylation is 2. The zero-order valence-corrected chi connectivity index (χ0v) is 21.4. The van der Waals surface area contributed by atoms with E-state index < -0.39 is 0 Å². The first-order valence-electron chi connectivity index (χ1n) is 11.7. The molecule has 0 aliphatic carbocycles. The van der Waals surface area contributed by atoms with Crippen molar-refractivity contribution >= 4 is 46.4 Å². The molecule has 0 atom stereocenters. The highest BCUT2D eigenvalue weighted by atomic mass is 35.5. The Morgan fingerprint density at radius 1 is 0.833 bits per heavy atom. The number of nitrogens with zero attached hydrogens (tertiary/aromatic N) is 2. The van der Waals surface area contributed by atoms with Crippen molar-refractivity contribution in [1.82, 2.24) is 4.90 Å². The molecule has 9 heteroatoms. The van der Waals surface area contributed by atoms with Crippen molar-refractivity contribution in [2.45, 2.75) is 13.8 Å². The Bertz CT molecular complexity index is 1240. The molecular formula is C27H30ClN5O3. The Hall–Kier alpha value is -3.91. The number of amides is 4. The van der Waals surface area contributed by atoms with Gasteiger partial charge in [-0.25, -0.2) is 9.59 Å². The van der Waals surface area contributed by atoms with Gasteiger partial charge in [-0.05, 0) is 79.6 Å². The number of anilines is 4. The first-order valence-corrected chi connectivity index (χ1v) is 12.1. The summed E-state index contributed by atoms with van der Waals surface area (Å²) in [6.07, 6.45) is 0. The van der Waals surface area contributed by atoms with Gasteiger partial charge in [0.15, 0.2) is 0 Å². The van der Waals surface area contributed by atoms with E-state index in [9.17, 15) is 9.59 Å². The second-order valence-corrected chi connectivity index (χ2v) is 9.13. The Labute approximate surface area is 216 Å². The van der Waals surface area contributed by atoms with Crippen molar-refractivity contribution in [3.63, 3.8) is 0 Å². The normalized spacial score (nSPS) is 13.2. The van der Waals surface area contributed by atoms with Crippen LogP contribution < -0.4 is 25.6 Å². The molecule has 8 nitrogen and oxygen atoms in total. The van der Waals surface area contributed by atoms with Crippen molar-refractivity contribution in [2.75, 3.05) is 54.1 Å². The number of nitrogens with one attached hydrogen (secondary N) is 3. The minimum atomic E-state index is -0.345. The smallest absolute Gasteiger partial charge is 0.323 e. The van der Waals surface area contributed by atoms with Crippen molar-refractivity contribution < 1.29 is 14.3 Å². The number of halogens is 1. The molecule has 4 amide bonds. The molecule has 1 aliphatic heterocycles. The summed E-state index contributed by atoms with van der Waals surface area (Å²) in [6, 6.07) is 18.2. The lowest BCUT2D eigenvalue weighted by Gasteiger charge is -2.36. The van der Waals surface area contributed by atoms with Gasteiger partial charge < -0.3 is 30.5 Å². The van der Waals surface area contributed by atoms with Crippen LogP contribution >= 0.6 is 11.6 Å². The molecule has 1 aliphatic rings. The van der Waals surface area contributed by atoms with Crippen LogP contribution in [0.15, 0.2) is 60.7 Å². The third-order valence-electron chi connectivity index (χ3n) is 6.09. The van der Waals surface area contributed by atoms with Gasteiger partial charge in [-0.1, -0.05) is 17.7 Å². The van der Waals surface area contributed by atoms with E-state index >= 15 is 0 Å². The first kappa shape index (κ1) is 25.2. The van der Waals surface area contributed by atoms with Gasteiger partial charge in [0.1, 0.15) is 5.75 Å².